The number of halogens is 1. The highest BCUT2D eigenvalue weighted by Crippen LogP contribution is 2.40. The van der Waals surface area contributed by atoms with E-state index in [1.165, 1.54) is 0 Å². The predicted octanol–water partition coefficient (Wildman–Crippen LogP) is 6.29. The SMILES string of the molecule is CCOc1cc(C(C)(C)N(C)CC(=O)c2cc(C)c(OC)c(C(C)(C)C)c2)c(C=N)c(F)c1OCC. The van der Waals surface area contributed by atoms with Crippen LogP contribution in [-0.4, -0.2) is 50.8 Å². The third-order valence-electron chi connectivity index (χ3n) is 6.56. The van der Waals surface area contributed by atoms with Gasteiger partial charge in [0.05, 0.1) is 26.9 Å². The summed E-state index contributed by atoms with van der Waals surface area (Å²) in [5.41, 5.74) is 2.12. The Bertz CT molecular complexity index is 1120. The molecular weight excluding hydrogens is 459 g/mol. The van der Waals surface area contributed by atoms with E-state index in [0.29, 0.717) is 17.7 Å². The predicted molar refractivity (Wildman–Crippen MR) is 143 cm³/mol. The molecule has 0 amide bonds. The van der Waals surface area contributed by atoms with Crippen LogP contribution in [0.5, 0.6) is 17.2 Å². The number of carbonyl (C=O) groups excluding carboxylic acids is 1. The van der Waals surface area contributed by atoms with Gasteiger partial charge in [0.2, 0.25) is 0 Å². The van der Waals surface area contributed by atoms with E-state index in [4.69, 9.17) is 19.6 Å². The molecule has 0 atom stereocenters. The van der Waals surface area contributed by atoms with Gasteiger partial charge in [0.1, 0.15) is 5.75 Å². The molecule has 2 aromatic rings. The number of carbonyl (C=O) groups is 1. The van der Waals surface area contributed by atoms with Crippen molar-refractivity contribution < 1.29 is 23.4 Å². The summed E-state index contributed by atoms with van der Waals surface area (Å²) in [6, 6.07) is 5.47. The van der Waals surface area contributed by atoms with E-state index in [1.54, 1.807) is 20.1 Å². The van der Waals surface area contributed by atoms with Crippen molar-refractivity contribution in [2.75, 3.05) is 33.9 Å². The summed E-state index contributed by atoms with van der Waals surface area (Å²) in [6.07, 6.45) is 0.989. The molecular formula is C29H41FN2O4. The van der Waals surface area contributed by atoms with Crippen LogP contribution in [0.3, 0.4) is 0 Å². The van der Waals surface area contributed by atoms with E-state index in [2.05, 4.69) is 20.8 Å². The van der Waals surface area contributed by atoms with Gasteiger partial charge in [-0.1, -0.05) is 20.8 Å². The van der Waals surface area contributed by atoms with Crippen molar-refractivity contribution in [3.05, 3.63) is 51.8 Å². The van der Waals surface area contributed by atoms with Gasteiger partial charge in [-0.15, -0.1) is 0 Å². The van der Waals surface area contributed by atoms with Crippen LogP contribution in [0.15, 0.2) is 18.2 Å². The molecule has 0 radical (unpaired) electrons. The summed E-state index contributed by atoms with van der Waals surface area (Å²) in [5.74, 6) is 0.373. The first-order valence-corrected chi connectivity index (χ1v) is 12.3. The van der Waals surface area contributed by atoms with Crippen molar-refractivity contribution in [3.63, 3.8) is 0 Å². The summed E-state index contributed by atoms with van der Waals surface area (Å²) in [5, 5.41) is 7.91. The molecule has 0 aliphatic carbocycles. The Morgan fingerprint density at radius 1 is 1.03 bits per heavy atom. The molecule has 0 heterocycles. The van der Waals surface area contributed by atoms with Gasteiger partial charge in [0.25, 0.3) is 0 Å². The van der Waals surface area contributed by atoms with Crippen LogP contribution in [0.2, 0.25) is 0 Å². The third kappa shape index (κ3) is 5.89. The number of ketones is 1. The van der Waals surface area contributed by atoms with Gasteiger partial charge in [-0.3, -0.25) is 9.69 Å². The van der Waals surface area contributed by atoms with E-state index >= 15 is 4.39 Å². The number of ether oxygens (including phenoxy) is 3. The van der Waals surface area contributed by atoms with Crippen LogP contribution in [0.4, 0.5) is 4.39 Å². The molecule has 2 rings (SSSR count). The molecule has 0 spiro atoms. The van der Waals surface area contributed by atoms with Crippen LogP contribution in [0.25, 0.3) is 0 Å². The fourth-order valence-corrected chi connectivity index (χ4v) is 4.28. The zero-order valence-corrected chi connectivity index (χ0v) is 23.4. The van der Waals surface area contributed by atoms with Crippen molar-refractivity contribution in [2.24, 2.45) is 0 Å². The molecule has 198 valence electrons. The maximum Gasteiger partial charge on any atom is 0.197 e. The standard InChI is InChI=1S/C29H41FN2O4/c1-11-35-24-15-21(20(16-31)25(30)27(24)36-12-2)29(7,8)32(9)17-23(33)19-13-18(3)26(34-10)22(14-19)28(4,5)6/h13-16,31H,11-12,17H2,1-10H3. The maximum absolute atomic E-state index is 15.4. The average Bonchev–Trinajstić information content (AvgIpc) is 2.79. The number of nitrogens with zero attached hydrogens (tertiary/aromatic N) is 1. The number of hydrogen-bond acceptors (Lipinski definition) is 6. The second-order valence-electron chi connectivity index (χ2n) is 10.5. The number of rotatable bonds is 11. The Labute approximate surface area is 215 Å². The molecule has 0 unspecified atom stereocenters. The van der Waals surface area contributed by atoms with E-state index < -0.39 is 11.4 Å². The second-order valence-corrected chi connectivity index (χ2v) is 10.5. The summed E-state index contributed by atoms with van der Waals surface area (Å²) in [6.45, 7) is 16.3. The maximum atomic E-state index is 15.4. The summed E-state index contributed by atoms with van der Waals surface area (Å²) in [4.78, 5) is 15.3. The molecule has 2 aromatic carbocycles. The fraction of sp³-hybridized carbons (Fsp3) is 0.517. The normalized spacial score (nSPS) is 12.0. The summed E-state index contributed by atoms with van der Waals surface area (Å²) < 4.78 is 32.2. The highest BCUT2D eigenvalue weighted by atomic mass is 19.1. The topological polar surface area (TPSA) is 71.8 Å². The van der Waals surface area contributed by atoms with Gasteiger partial charge in [-0.25, -0.2) is 4.39 Å². The van der Waals surface area contributed by atoms with E-state index in [9.17, 15) is 4.79 Å². The molecule has 1 N–H and O–H groups in total. The number of hydrogen-bond donors (Lipinski definition) is 1. The third-order valence-corrected chi connectivity index (χ3v) is 6.56. The van der Waals surface area contributed by atoms with E-state index in [-0.39, 0.29) is 41.4 Å². The number of benzene rings is 2. The van der Waals surface area contributed by atoms with Gasteiger partial charge >= 0.3 is 0 Å². The highest BCUT2D eigenvalue weighted by molar-refractivity contribution is 5.98. The lowest BCUT2D eigenvalue weighted by atomic mass is 9.83. The van der Waals surface area contributed by atoms with Crippen LogP contribution in [-0.2, 0) is 11.0 Å². The van der Waals surface area contributed by atoms with Crippen molar-refractivity contribution >= 4 is 12.0 Å². The molecule has 0 bridgehead atoms. The Hall–Kier alpha value is -2.93. The molecule has 0 saturated carbocycles. The minimum atomic E-state index is -0.797. The fourth-order valence-electron chi connectivity index (χ4n) is 4.28. The van der Waals surface area contributed by atoms with Crippen molar-refractivity contribution in [3.8, 4) is 17.2 Å². The van der Waals surface area contributed by atoms with Gasteiger partial charge in [-0.2, -0.15) is 0 Å². The van der Waals surface area contributed by atoms with E-state index in [0.717, 1.165) is 23.1 Å². The molecule has 0 aliphatic rings. The quantitative estimate of drug-likeness (QED) is 0.290. The molecule has 0 aliphatic heterocycles. The van der Waals surface area contributed by atoms with Gasteiger partial charge in [0.15, 0.2) is 23.1 Å². The number of aryl methyl sites for hydroxylation is 1. The largest absolute Gasteiger partial charge is 0.496 e. The van der Waals surface area contributed by atoms with Crippen molar-refractivity contribution in [2.45, 2.75) is 66.3 Å². The molecule has 6 nitrogen and oxygen atoms in total. The lowest BCUT2D eigenvalue weighted by molar-refractivity contribution is 0.0849. The molecule has 0 fully saturated rings. The number of nitrogens with one attached hydrogen (secondary N) is 1. The first-order chi connectivity index (χ1) is 16.7. The molecule has 0 aromatic heterocycles. The number of methoxy groups -OCH3 is 1. The lowest BCUT2D eigenvalue weighted by Crippen LogP contribution is -2.42. The lowest BCUT2D eigenvalue weighted by Gasteiger charge is -2.37. The van der Waals surface area contributed by atoms with Gasteiger partial charge in [-0.05, 0) is 76.4 Å². The highest BCUT2D eigenvalue weighted by Gasteiger charge is 2.34. The smallest absolute Gasteiger partial charge is 0.197 e. The summed E-state index contributed by atoms with van der Waals surface area (Å²) >= 11 is 0. The number of likely N-dealkylation sites (N-methyl/N-ethyl adjacent to an activating group) is 1. The molecule has 0 saturated heterocycles. The Balaban J connectivity index is 2.51. The minimum absolute atomic E-state index is 0.000419. The Morgan fingerprint density at radius 2 is 1.64 bits per heavy atom. The zero-order chi connectivity index (χ0) is 27.4. The van der Waals surface area contributed by atoms with Crippen molar-refractivity contribution in [1.82, 2.24) is 4.90 Å². The van der Waals surface area contributed by atoms with E-state index in [1.807, 2.05) is 51.8 Å². The van der Waals surface area contributed by atoms with Gasteiger partial charge in [0, 0.05) is 28.4 Å². The molecule has 36 heavy (non-hydrogen) atoms. The van der Waals surface area contributed by atoms with Crippen molar-refractivity contribution in [1.29, 1.82) is 5.41 Å². The molecule has 7 heteroatoms. The average molecular weight is 501 g/mol. The minimum Gasteiger partial charge on any atom is -0.496 e. The first kappa shape index (κ1) is 29.3. The Morgan fingerprint density at radius 3 is 2.14 bits per heavy atom. The second kappa shape index (κ2) is 11.4. The summed E-state index contributed by atoms with van der Waals surface area (Å²) in [7, 11) is 3.46. The van der Waals surface area contributed by atoms with Crippen LogP contribution in [0, 0.1) is 18.2 Å². The van der Waals surface area contributed by atoms with Gasteiger partial charge < -0.3 is 19.6 Å². The van der Waals surface area contributed by atoms with Crippen LogP contribution >= 0.6 is 0 Å². The Kier molecular flexibility index (Phi) is 9.29. The number of Topliss-reactive ketones (excluding diaryl/α,β-unsaturated/α-hetero) is 1. The zero-order valence-electron chi connectivity index (χ0n) is 23.4. The van der Waals surface area contributed by atoms with Crippen LogP contribution < -0.4 is 14.2 Å². The first-order valence-electron chi connectivity index (χ1n) is 12.3. The monoisotopic (exact) mass is 500 g/mol. The van der Waals surface area contributed by atoms with Crippen LogP contribution in [0.1, 0.15) is 81.1 Å².